The normalized spacial score (nSPS) is 28.4. The molecule has 8 heteroatoms. The molecule has 3 atom stereocenters. The van der Waals surface area contributed by atoms with Gasteiger partial charge < -0.3 is 5.11 Å². The van der Waals surface area contributed by atoms with Gasteiger partial charge in [-0.2, -0.15) is 0 Å². The molecule has 6 nitrogen and oxygen atoms in total. The molecule has 128 valence electrons. The number of aromatic carboxylic acids is 1. The number of imide groups is 1. The Balaban J connectivity index is 1.80. The molecule has 2 amide bonds. The Hall–Kier alpha value is -2.35. The van der Waals surface area contributed by atoms with E-state index in [1.165, 1.54) is 29.2 Å². The Bertz CT molecular complexity index is 669. The zero-order valence-corrected chi connectivity index (χ0v) is 12.7. The number of likely N-dealkylation sites (tertiary alicyclic amines) is 1. The molecule has 1 aromatic rings. The predicted octanol–water partition coefficient (Wildman–Crippen LogP) is 1.40. The van der Waals surface area contributed by atoms with Crippen molar-refractivity contribution < 1.29 is 28.3 Å². The first-order chi connectivity index (χ1) is 11.4. The van der Waals surface area contributed by atoms with Crippen molar-refractivity contribution in [2.24, 2.45) is 0 Å². The van der Waals surface area contributed by atoms with E-state index in [0.29, 0.717) is 0 Å². The molecule has 2 aliphatic heterocycles. The number of alkyl halides is 2. The van der Waals surface area contributed by atoms with Crippen molar-refractivity contribution in [3.05, 3.63) is 29.8 Å². The Morgan fingerprint density at radius 3 is 2.21 bits per heavy atom. The molecule has 2 saturated heterocycles. The third kappa shape index (κ3) is 3.01. The number of nitrogens with zero attached hydrogens (tertiary/aromatic N) is 2. The molecule has 24 heavy (non-hydrogen) atoms. The monoisotopic (exact) mass is 338 g/mol. The topological polar surface area (TPSA) is 77.9 Å². The lowest BCUT2D eigenvalue weighted by atomic mass is 10.0. The van der Waals surface area contributed by atoms with Gasteiger partial charge in [-0.25, -0.2) is 18.5 Å². The number of anilines is 1. The molecule has 0 aliphatic carbocycles. The van der Waals surface area contributed by atoms with E-state index in [4.69, 9.17) is 5.11 Å². The van der Waals surface area contributed by atoms with E-state index in [9.17, 15) is 23.2 Å². The predicted molar refractivity (Wildman–Crippen MR) is 80.3 cm³/mol. The minimum absolute atomic E-state index is 0.0333. The molecule has 0 bridgehead atoms. The average molecular weight is 338 g/mol. The van der Waals surface area contributed by atoms with Gasteiger partial charge in [-0.3, -0.25) is 14.5 Å². The van der Waals surface area contributed by atoms with Crippen molar-refractivity contribution in [3.8, 4) is 0 Å². The van der Waals surface area contributed by atoms with Crippen LogP contribution in [0.2, 0.25) is 0 Å². The molecule has 2 aliphatic rings. The molecule has 3 rings (SSSR count). The Kier molecular flexibility index (Phi) is 4.31. The van der Waals surface area contributed by atoms with Gasteiger partial charge >= 0.3 is 5.97 Å². The highest BCUT2D eigenvalue weighted by Crippen LogP contribution is 2.28. The molecular weight excluding hydrogens is 322 g/mol. The summed E-state index contributed by atoms with van der Waals surface area (Å²) < 4.78 is 27.1. The van der Waals surface area contributed by atoms with Gasteiger partial charge in [0.2, 0.25) is 5.91 Å². The standard InChI is InChI=1S/C16H16F2N2O4/c17-10-5-11(18)8-19(7-10)13-6-14(21)20(15(13)22)12-3-1-9(2-4-12)16(23)24/h1-4,10-11,13H,5-8H2,(H,23,24)/t10-,11+,13?. The highest BCUT2D eigenvalue weighted by atomic mass is 19.1. The summed E-state index contributed by atoms with van der Waals surface area (Å²) in [5, 5.41) is 8.88. The summed E-state index contributed by atoms with van der Waals surface area (Å²) in [4.78, 5) is 37.9. The average Bonchev–Trinajstić information content (AvgIpc) is 2.81. The highest BCUT2D eigenvalue weighted by Gasteiger charge is 2.45. The molecule has 0 aromatic heterocycles. The summed E-state index contributed by atoms with van der Waals surface area (Å²) in [7, 11) is 0. The van der Waals surface area contributed by atoms with Crippen LogP contribution < -0.4 is 4.90 Å². The van der Waals surface area contributed by atoms with E-state index in [2.05, 4.69) is 0 Å². The van der Waals surface area contributed by atoms with E-state index < -0.39 is 36.2 Å². The van der Waals surface area contributed by atoms with Crippen LogP contribution in [-0.2, 0) is 9.59 Å². The summed E-state index contributed by atoms with van der Waals surface area (Å²) in [5.74, 6) is -2.12. The maximum Gasteiger partial charge on any atom is 0.335 e. The lowest BCUT2D eigenvalue weighted by molar-refractivity contribution is -0.123. The second-order valence-corrected chi connectivity index (χ2v) is 6.02. The third-order valence-corrected chi connectivity index (χ3v) is 4.31. The fourth-order valence-corrected chi connectivity index (χ4v) is 3.19. The van der Waals surface area contributed by atoms with Crippen molar-refractivity contribution >= 4 is 23.5 Å². The molecule has 1 unspecified atom stereocenters. The number of rotatable bonds is 3. The first-order valence-electron chi connectivity index (χ1n) is 7.59. The maximum atomic E-state index is 13.6. The van der Waals surface area contributed by atoms with Crippen LogP contribution in [0.4, 0.5) is 14.5 Å². The van der Waals surface area contributed by atoms with E-state index in [1.807, 2.05) is 0 Å². The smallest absolute Gasteiger partial charge is 0.335 e. The van der Waals surface area contributed by atoms with Gasteiger partial charge in [0, 0.05) is 19.5 Å². The first-order valence-corrected chi connectivity index (χ1v) is 7.59. The second kappa shape index (κ2) is 6.27. The van der Waals surface area contributed by atoms with Gasteiger partial charge in [0.05, 0.1) is 23.7 Å². The second-order valence-electron chi connectivity index (χ2n) is 6.02. The fourth-order valence-electron chi connectivity index (χ4n) is 3.19. The number of hydrogen-bond acceptors (Lipinski definition) is 4. The minimum Gasteiger partial charge on any atom is -0.478 e. The van der Waals surface area contributed by atoms with E-state index in [1.54, 1.807) is 0 Å². The Labute approximate surface area is 136 Å². The van der Waals surface area contributed by atoms with Crippen LogP contribution in [-0.4, -0.2) is 59.3 Å². The van der Waals surface area contributed by atoms with E-state index >= 15 is 0 Å². The van der Waals surface area contributed by atoms with Crippen LogP contribution in [0.25, 0.3) is 0 Å². The zero-order chi connectivity index (χ0) is 17.4. The van der Waals surface area contributed by atoms with Gasteiger partial charge in [0.15, 0.2) is 0 Å². The summed E-state index contributed by atoms with van der Waals surface area (Å²) in [6, 6.07) is 4.44. The summed E-state index contributed by atoms with van der Waals surface area (Å²) in [6.45, 7) is -0.147. The van der Waals surface area contributed by atoms with Crippen LogP contribution in [0, 0.1) is 0 Å². The van der Waals surface area contributed by atoms with Crippen molar-refractivity contribution in [1.82, 2.24) is 4.90 Å². The molecule has 1 aromatic carbocycles. The van der Waals surface area contributed by atoms with Crippen LogP contribution in [0.3, 0.4) is 0 Å². The van der Waals surface area contributed by atoms with E-state index in [0.717, 1.165) is 4.90 Å². The number of carboxylic acids is 1. The molecule has 0 spiro atoms. The maximum absolute atomic E-state index is 13.6. The van der Waals surface area contributed by atoms with Crippen molar-refractivity contribution in [3.63, 3.8) is 0 Å². The van der Waals surface area contributed by atoms with Gasteiger partial charge in [-0.05, 0) is 24.3 Å². The Morgan fingerprint density at radius 2 is 1.67 bits per heavy atom. The largest absolute Gasteiger partial charge is 0.478 e. The van der Waals surface area contributed by atoms with Gasteiger partial charge in [-0.1, -0.05) is 0 Å². The van der Waals surface area contributed by atoms with Crippen LogP contribution in [0.5, 0.6) is 0 Å². The van der Waals surface area contributed by atoms with Crippen LogP contribution >= 0.6 is 0 Å². The molecule has 0 saturated carbocycles. The number of halogens is 2. The fraction of sp³-hybridized carbons (Fsp3) is 0.438. The lowest BCUT2D eigenvalue weighted by Gasteiger charge is -2.34. The number of piperidine rings is 1. The van der Waals surface area contributed by atoms with Crippen molar-refractivity contribution in [2.75, 3.05) is 18.0 Å². The number of carboxylic acid groups (broad SMARTS) is 1. The Morgan fingerprint density at radius 1 is 1.08 bits per heavy atom. The lowest BCUT2D eigenvalue weighted by Crippen LogP contribution is -2.50. The molecule has 2 heterocycles. The first kappa shape index (κ1) is 16.5. The quantitative estimate of drug-likeness (QED) is 0.843. The minimum atomic E-state index is -1.36. The molecular formula is C16H16F2N2O4. The zero-order valence-electron chi connectivity index (χ0n) is 12.7. The molecule has 2 fully saturated rings. The van der Waals surface area contributed by atoms with Gasteiger partial charge in [0.25, 0.3) is 5.91 Å². The van der Waals surface area contributed by atoms with Gasteiger partial charge in [-0.15, -0.1) is 0 Å². The van der Waals surface area contributed by atoms with Crippen LogP contribution in [0.15, 0.2) is 24.3 Å². The number of carbonyl (C=O) groups is 3. The SMILES string of the molecule is O=C(O)c1ccc(N2C(=O)CC(N3C[C@H](F)C[C@H](F)C3)C2=O)cc1. The summed E-state index contributed by atoms with van der Waals surface area (Å²) in [5.41, 5.74) is 0.286. The van der Waals surface area contributed by atoms with E-state index in [-0.39, 0.29) is 37.2 Å². The third-order valence-electron chi connectivity index (χ3n) is 4.31. The molecule has 0 radical (unpaired) electrons. The van der Waals surface area contributed by atoms with Gasteiger partial charge in [0.1, 0.15) is 12.3 Å². The highest BCUT2D eigenvalue weighted by molar-refractivity contribution is 6.22. The number of hydrogen-bond donors (Lipinski definition) is 1. The summed E-state index contributed by atoms with van der Waals surface area (Å²) in [6.07, 6.45) is -3.05. The summed E-state index contributed by atoms with van der Waals surface area (Å²) >= 11 is 0. The van der Waals surface area contributed by atoms with Crippen molar-refractivity contribution in [2.45, 2.75) is 31.2 Å². The number of amides is 2. The number of benzene rings is 1. The molecule has 1 N–H and O–H groups in total. The number of carbonyl (C=O) groups excluding carboxylic acids is 2. The van der Waals surface area contributed by atoms with Crippen LogP contribution in [0.1, 0.15) is 23.2 Å². The van der Waals surface area contributed by atoms with Crippen molar-refractivity contribution in [1.29, 1.82) is 0 Å².